The number of carbonyl (C=O) groups excluding carboxylic acids is 2. The molecule has 4 rings (SSSR count). The van der Waals surface area contributed by atoms with E-state index in [1.54, 1.807) is 24.3 Å². The average Bonchev–Trinajstić information content (AvgIpc) is 3.26. The van der Waals surface area contributed by atoms with E-state index < -0.39 is 11.9 Å². The number of amidine groups is 1. The molecule has 0 aliphatic rings. The Morgan fingerprint density at radius 2 is 1.52 bits per heavy atom. The highest BCUT2D eigenvalue weighted by Crippen LogP contribution is 2.29. The van der Waals surface area contributed by atoms with Crippen LogP contribution < -0.4 is 20.6 Å². The number of aromatic nitrogens is 1. The third kappa shape index (κ3) is 9.79. The molecule has 0 bridgehead atoms. The van der Waals surface area contributed by atoms with E-state index in [1.165, 1.54) is 5.69 Å². The molecule has 11 heteroatoms. The fourth-order valence-corrected chi connectivity index (χ4v) is 3.98. The van der Waals surface area contributed by atoms with E-state index in [4.69, 9.17) is 30.9 Å². The Hall–Kier alpha value is -5.16. The van der Waals surface area contributed by atoms with Crippen molar-refractivity contribution < 1.29 is 29.7 Å². The number of aromatic hydroxyl groups is 1. The average molecular weight is 576 g/mol. The van der Waals surface area contributed by atoms with Crippen molar-refractivity contribution in [3.05, 3.63) is 95.2 Å². The van der Waals surface area contributed by atoms with Crippen LogP contribution in [0.2, 0.25) is 0 Å². The number of carbonyl (C=O) groups is 3. The zero-order valence-electron chi connectivity index (χ0n) is 24.3. The molecule has 0 radical (unpaired) electrons. The Bertz CT molecular complexity index is 1550. The number of rotatable bonds is 7. The number of fused-ring (bicyclic) bond motifs is 1. The first-order valence-corrected chi connectivity index (χ1v) is 12.9. The van der Waals surface area contributed by atoms with Crippen LogP contribution in [0.25, 0.3) is 10.9 Å². The van der Waals surface area contributed by atoms with Gasteiger partial charge in [-0.25, -0.2) is 0 Å². The lowest BCUT2D eigenvalue weighted by atomic mass is 10.1. The summed E-state index contributed by atoms with van der Waals surface area (Å²) in [6, 6.07) is 22.5. The molecule has 0 spiro atoms. The number of nitrogens with zero attached hydrogens (tertiary/aromatic N) is 2. The van der Waals surface area contributed by atoms with E-state index in [2.05, 4.69) is 38.6 Å². The zero-order chi connectivity index (χ0) is 31.6. The smallest absolute Gasteiger partial charge is 0.300 e. The fourth-order valence-electron chi connectivity index (χ4n) is 3.98. The summed E-state index contributed by atoms with van der Waals surface area (Å²) in [5.74, 6) is -2.03. The minimum atomic E-state index is -1.08. The number of nitrogens with two attached hydrogens (primary N) is 1. The summed E-state index contributed by atoms with van der Waals surface area (Å²) < 4.78 is 2.60. The predicted octanol–water partition coefficient (Wildman–Crippen LogP) is 2.65. The molecule has 11 nitrogen and oxygen atoms in total. The number of carboxylic acid groups (broad SMARTS) is 2. The molecule has 0 fully saturated rings. The molecular weight excluding hydrogens is 538 g/mol. The quantitative estimate of drug-likeness (QED) is 0.127. The molecule has 0 unspecified atom stereocenters. The van der Waals surface area contributed by atoms with Crippen molar-refractivity contribution in [3.8, 4) is 5.75 Å². The Morgan fingerprint density at radius 3 is 2.07 bits per heavy atom. The number of quaternary nitrogens is 1. The monoisotopic (exact) mass is 575 g/mol. The SMILES string of the molecule is CC(=O)O.CC(=O)[O-].C[N+](C)(C)c1ccc(CNC(=O)c2cc3c(O)cccc3n2Cc2cccc(C(=N)N)c2)cc1. The normalized spacial score (nSPS) is 10.5. The summed E-state index contributed by atoms with van der Waals surface area (Å²) in [5.41, 5.74) is 10.6. The number of amides is 1. The van der Waals surface area contributed by atoms with Crippen LogP contribution in [-0.2, 0) is 22.7 Å². The van der Waals surface area contributed by atoms with Gasteiger partial charge in [-0.3, -0.25) is 19.5 Å². The van der Waals surface area contributed by atoms with Crippen molar-refractivity contribution in [1.82, 2.24) is 14.4 Å². The molecule has 1 aromatic heterocycles. The number of hydrogen-bond acceptors (Lipinski definition) is 6. The maximum absolute atomic E-state index is 13.2. The molecular formula is C31H37N5O6. The Labute approximate surface area is 244 Å². The van der Waals surface area contributed by atoms with Crippen molar-refractivity contribution in [2.45, 2.75) is 26.9 Å². The van der Waals surface area contributed by atoms with Crippen molar-refractivity contribution in [2.75, 3.05) is 21.1 Å². The third-order valence-electron chi connectivity index (χ3n) is 5.90. The minimum absolute atomic E-state index is 0.00824. The van der Waals surface area contributed by atoms with E-state index in [0.29, 0.717) is 29.7 Å². The first-order valence-electron chi connectivity index (χ1n) is 12.9. The largest absolute Gasteiger partial charge is 0.550 e. The van der Waals surface area contributed by atoms with Gasteiger partial charge in [0, 0.05) is 36.9 Å². The van der Waals surface area contributed by atoms with Crippen LogP contribution in [0, 0.1) is 5.41 Å². The summed E-state index contributed by atoms with van der Waals surface area (Å²) in [6.45, 7) is 2.85. The van der Waals surface area contributed by atoms with Gasteiger partial charge in [0.25, 0.3) is 11.9 Å². The standard InChI is InChI=1S/C27H29N5O2.2C2H4O2/c1-32(2,3)21-12-10-18(11-13-21)16-30-27(34)24-15-22-23(8-5-9-25(22)33)31(24)17-19-6-4-7-20(14-19)26(28)29;2*1-2(3)4/h4-15H,16-17H2,1-3H3,(H4-,28,29,30,33,34);2*1H3,(H,3,4). The minimum Gasteiger partial charge on any atom is -0.550 e. The fraction of sp³-hybridized carbons (Fsp3) is 0.226. The van der Waals surface area contributed by atoms with Crippen LogP contribution in [0.5, 0.6) is 5.75 Å². The first-order chi connectivity index (χ1) is 19.6. The van der Waals surface area contributed by atoms with Crippen molar-refractivity contribution >= 4 is 40.3 Å². The van der Waals surface area contributed by atoms with Gasteiger partial charge in [0.2, 0.25) is 0 Å². The Kier molecular flexibility index (Phi) is 11.4. The summed E-state index contributed by atoms with van der Waals surface area (Å²) in [4.78, 5) is 31.1. The highest BCUT2D eigenvalue weighted by molar-refractivity contribution is 6.00. The molecule has 1 heterocycles. The first kappa shape index (κ1) is 33.0. The molecule has 4 aromatic rings. The van der Waals surface area contributed by atoms with Gasteiger partial charge in [0.1, 0.15) is 23.0 Å². The molecule has 0 aliphatic heterocycles. The molecule has 1 amide bonds. The van der Waals surface area contributed by atoms with E-state index >= 15 is 0 Å². The number of benzene rings is 3. The lowest BCUT2D eigenvalue weighted by molar-refractivity contribution is -0.302. The van der Waals surface area contributed by atoms with E-state index in [0.717, 1.165) is 35.0 Å². The highest BCUT2D eigenvalue weighted by Gasteiger charge is 2.18. The van der Waals surface area contributed by atoms with E-state index in [1.807, 2.05) is 41.0 Å². The molecule has 0 atom stereocenters. The van der Waals surface area contributed by atoms with Gasteiger partial charge >= 0.3 is 0 Å². The van der Waals surface area contributed by atoms with Gasteiger partial charge in [0.05, 0.1) is 26.7 Å². The summed E-state index contributed by atoms with van der Waals surface area (Å²) in [7, 11) is 6.32. The maximum atomic E-state index is 13.2. The summed E-state index contributed by atoms with van der Waals surface area (Å²) >= 11 is 0. The molecule has 222 valence electrons. The van der Waals surface area contributed by atoms with Crippen LogP contribution in [0.3, 0.4) is 0 Å². The summed E-state index contributed by atoms with van der Waals surface area (Å²) in [5, 5.41) is 38.0. The molecule has 0 saturated heterocycles. The van der Waals surface area contributed by atoms with Gasteiger partial charge in [-0.2, -0.15) is 0 Å². The third-order valence-corrected chi connectivity index (χ3v) is 5.90. The van der Waals surface area contributed by atoms with Crippen molar-refractivity contribution in [3.63, 3.8) is 0 Å². The predicted molar refractivity (Wildman–Crippen MR) is 161 cm³/mol. The Balaban J connectivity index is 0.000000686. The summed E-state index contributed by atoms with van der Waals surface area (Å²) in [6.07, 6.45) is 0. The van der Waals surface area contributed by atoms with Crippen LogP contribution in [-0.4, -0.2) is 59.6 Å². The van der Waals surface area contributed by atoms with Crippen LogP contribution in [0.4, 0.5) is 5.69 Å². The lowest BCUT2D eigenvalue weighted by Gasteiger charge is -2.23. The van der Waals surface area contributed by atoms with Crippen LogP contribution >= 0.6 is 0 Å². The lowest BCUT2D eigenvalue weighted by Crippen LogP contribution is -2.34. The second-order valence-electron chi connectivity index (χ2n) is 10.3. The van der Waals surface area contributed by atoms with Crippen molar-refractivity contribution in [2.24, 2.45) is 5.73 Å². The van der Waals surface area contributed by atoms with Crippen molar-refractivity contribution in [1.29, 1.82) is 5.41 Å². The van der Waals surface area contributed by atoms with E-state index in [9.17, 15) is 9.90 Å². The van der Waals surface area contributed by atoms with Gasteiger partial charge in [0.15, 0.2) is 0 Å². The zero-order valence-corrected chi connectivity index (χ0v) is 24.3. The number of phenols is 1. The highest BCUT2D eigenvalue weighted by atomic mass is 16.4. The number of carboxylic acids is 2. The van der Waals surface area contributed by atoms with Gasteiger partial charge in [-0.15, -0.1) is 0 Å². The number of phenolic OH excluding ortho intramolecular Hbond substituents is 1. The van der Waals surface area contributed by atoms with Gasteiger partial charge in [-0.1, -0.05) is 36.4 Å². The second kappa shape index (κ2) is 14.5. The number of nitrogens with one attached hydrogen (secondary N) is 2. The molecule has 42 heavy (non-hydrogen) atoms. The van der Waals surface area contributed by atoms with Crippen LogP contribution in [0.1, 0.15) is 41.0 Å². The van der Waals surface area contributed by atoms with Gasteiger partial charge < -0.3 is 35.7 Å². The van der Waals surface area contributed by atoms with Crippen LogP contribution in [0.15, 0.2) is 72.8 Å². The number of aliphatic carboxylic acids is 2. The number of hydrogen-bond donors (Lipinski definition) is 5. The molecule has 3 aromatic carbocycles. The Morgan fingerprint density at radius 1 is 0.952 bits per heavy atom. The van der Waals surface area contributed by atoms with E-state index in [-0.39, 0.29) is 17.5 Å². The number of nitrogen functional groups attached to an aromatic ring is 1. The van der Waals surface area contributed by atoms with Gasteiger partial charge in [-0.05, 0) is 54.4 Å². The molecule has 0 aliphatic carbocycles. The topological polar surface area (TPSA) is 182 Å². The second-order valence-corrected chi connectivity index (χ2v) is 10.3. The molecule has 0 saturated carbocycles. The molecule has 6 N–H and O–H groups in total. The maximum Gasteiger partial charge on any atom is 0.300 e.